The van der Waals surface area contributed by atoms with Crippen molar-refractivity contribution in [3.63, 3.8) is 0 Å². The fraction of sp³-hybridized carbons (Fsp3) is 0.312. The van der Waals surface area contributed by atoms with E-state index < -0.39 is 6.09 Å². The third kappa shape index (κ3) is 3.55. The zero-order chi connectivity index (χ0) is 18.0. The monoisotopic (exact) mass is 363 g/mol. The first kappa shape index (κ1) is 17.2. The van der Waals surface area contributed by atoms with E-state index in [0.29, 0.717) is 35.7 Å². The minimum atomic E-state index is -1.22. The average molecular weight is 363 g/mol. The number of methoxy groups -OCH3 is 1. The second-order valence-electron chi connectivity index (χ2n) is 5.57. The molecule has 9 heteroatoms. The lowest BCUT2D eigenvalue weighted by Crippen LogP contribution is -2.31. The van der Waals surface area contributed by atoms with Crippen LogP contribution in [0.4, 0.5) is 10.5 Å². The van der Waals surface area contributed by atoms with Crippen molar-refractivity contribution in [2.45, 2.75) is 18.9 Å². The zero-order valence-electron chi connectivity index (χ0n) is 13.4. The van der Waals surface area contributed by atoms with Gasteiger partial charge in [-0.05, 0) is 30.0 Å². The maximum atomic E-state index is 11.3. The minimum absolute atomic E-state index is 0.0216. The van der Waals surface area contributed by atoms with E-state index in [0.717, 1.165) is 16.1 Å². The minimum Gasteiger partial charge on any atom is -0.495 e. The molecule has 0 aliphatic carbocycles. The normalized spacial score (nSPS) is 16.6. The summed E-state index contributed by atoms with van der Waals surface area (Å²) in [6.45, 7) is 0.315. The first-order valence-corrected chi connectivity index (χ1v) is 8.00. The van der Waals surface area contributed by atoms with Gasteiger partial charge in [0.15, 0.2) is 0 Å². The summed E-state index contributed by atoms with van der Waals surface area (Å²) in [5.74, 6) is 0.745. The van der Waals surface area contributed by atoms with Crippen LogP contribution in [-0.2, 0) is 4.79 Å². The fourth-order valence-electron chi connectivity index (χ4n) is 2.69. The Morgan fingerprint density at radius 1 is 1.52 bits per heavy atom. The van der Waals surface area contributed by atoms with Gasteiger partial charge in [0.25, 0.3) is 0 Å². The van der Waals surface area contributed by atoms with Crippen LogP contribution >= 0.6 is 12.8 Å². The average Bonchev–Trinajstić information content (AvgIpc) is 3.03. The molecule has 1 aliphatic heterocycles. The summed E-state index contributed by atoms with van der Waals surface area (Å²) < 4.78 is 11.8. The number of hydrogen-bond donors (Lipinski definition) is 3. The van der Waals surface area contributed by atoms with Gasteiger partial charge in [-0.15, -0.1) is 0 Å². The number of pyridine rings is 1. The van der Waals surface area contributed by atoms with Crippen molar-refractivity contribution in [3.8, 4) is 11.6 Å². The first-order valence-electron chi connectivity index (χ1n) is 7.60. The summed E-state index contributed by atoms with van der Waals surface area (Å²) in [6, 6.07) is 5.00. The topological polar surface area (TPSA) is 101 Å². The molecule has 1 saturated heterocycles. The quantitative estimate of drug-likeness (QED) is 0.704. The van der Waals surface area contributed by atoms with E-state index in [1.54, 1.807) is 24.4 Å². The smallest absolute Gasteiger partial charge is 0.422 e. The van der Waals surface area contributed by atoms with Crippen LogP contribution < -0.4 is 19.1 Å². The van der Waals surface area contributed by atoms with Crippen LogP contribution in [0.1, 0.15) is 12.8 Å². The van der Waals surface area contributed by atoms with Crippen molar-refractivity contribution in [2.24, 2.45) is 0 Å². The maximum absolute atomic E-state index is 11.3. The second-order valence-corrected chi connectivity index (χ2v) is 5.97. The van der Waals surface area contributed by atoms with E-state index in [9.17, 15) is 9.59 Å². The Kier molecular flexibility index (Phi) is 4.84. The molecule has 0 saturated carbocycles. The van der Waals surface area contributed by atoms with Gasteiger partial charge in [-0.1, -0.05) is 12.8 Å². The van der Waals surface area contributed by atoms with Gasteiger partial charge in [-0.25, -0.2) is 14.1 Å². The highest BCUT2D eigenvalue weighted by Crippen LogP contribution is 2.37. The summed E-state index contributed by atoms with van der Waals surface area (Å²) in [6.07, 6.45) is 1.58. The third-order valence-electron chi connectivity index (χ3n) is 3.94. The Bertz CT molecular complexity index is 829. The molecule has 2 heterocycles. The molecule has 132 valence electrons. The van der Waals surface area contributed by atoms with Gasteiger partial charge in [-0.3, -0.25) is 4.79 Å². The van der Waals surface area contributed by atoms with Crippen LogP contribution in [0, 0.1) is 0 Å². The number of hydrogen-bond acceptors (Lipinski definition) is 6. The molecule has 2 amide bonds. The molecular formula is C16H17N3O5S. The summed E-state index contributed by atoms with van der Waals surface area (Å²) >= 11 is 3.97. The molecule has 2 N–H and O–H groups in total. The van der Waals surface area contributed by atoms with Gasteiger partial charge >= 0.3 is 6.09 Å². The standard InChI is InChI=1S/C16H17N3O5S/c1-23-13-7-11-9(6-12(13)19(25)16(21)22)4-5-17-15(11)24-8-10-2-3-14(20)18-10/h4-7,10,25H,2-3,8H2,1H3,(H,18,20)(H,21,22)/t10-/m0/s1. The lowest BCUT2D eigenvalue weighted by Gasteiger charge is -2.17. The van der Waals surface area contributed by atoms with Gasteiger partial charge in [0.05, 0.1) is 13.2 Å². The Morgan fingerprint density at radius 3 is 2.96 bits per heavy atom. The van der Waals surface area contributed by atoms with Crippen molar-refractivity contribution in [2.75, 3.05) is 18.0 Å². The van der Waals surface area contributed by atoms with Crippen molar-refractivity contribution in [3.05, 3.63) is 24.4 Å². The molecular weight excluding hydrogens is 346 g/mol. The first-order chi connectivity index (χ1) is 12.0. The van der Waals surface area contributed by atoms with Crippen LogP contribution in [-0.4, -0.2) is 41.8 Å². The molecule has 1 fully saturated rings. The number of fused-ring (bicyclic) bond motifs is 1. The highest BCUT2D eigenvalue weighted by atomic mass is 32.1. The molecule has 0 unspecified atom stereocenters. The molecule has 2 aromatic rings. The number of anilines is 1. The molecule has 1 aromatic carbocycles. The Balaban J connectivity index is 1.92. The van der Waals surface area contributed by atoms with Gasteiger partial charge in [0, 0.05) is 18.0 Å². The van der Waals surface area contributed by atoms with E-state index in [2.05, 4.69) is 23.1 Å². The van der Waals surface area contributed by atoms with Gasteiger partial charge in [-0.2, -0.15) is 0 Å². The highest BCUT2D eigenvalue weighted by Gasteiger charge is 2.22. The van der Waals surface area contributed by atoms with Crippen LogP contribution in [0.2, 0.25) is 0 Å². The number of rotatable bonds is 5. The highest BCUT2D eigenvalue weighted by molar-refractivity contribution is 7.82. The van der Waals surface area contributed by atoms with Gasteiger partial charge in [0.1, 0.15) is 18.0 Å². The van der Waals surface area contributed by atoms with Gasteiger partial charge < -0.3 is 19.9 Å². The summed E-state index contributed by atoms with van der Waals surface area (Å²) in [7, 11) is 1.44. The lowest BCUT2D eigenvalue weighted by molar-refractivity contribution is -0.119. The van der Waals surface area contributed by atoms with Crippen molar-refractivity contribution >= 4 is 41.3 Å². The number of carbonyl (C=O) groups excluding carboxylic acids is 1. The molecule has 1 atom stereocenters. The number of nitrogens with zero attached hydrogens (tertiary/aromatic N) is 2. The summed E-state index contributed by atoms with van der Waals surface area (Å²) in [4.78, 5) is 26.7. The van der Waals surface area contributed by atoms with Crippen molar-refractivity contribution in [1.82, 2.24) is 10.3 Å². The fourth-order valence-corrected chi connectivity index (χ4v) is 2.85. The van der Waals surface area contributed by atoms with Crippen molar-refractivity contribution < 1.29 is 24.2 Å². The Hall–Kier alpha value is -2.68. The largest absolute Gasteiger partial charge is 0.495 e. The summed E-state index contributed by atoms with van der Waals surface area (Å²) in [5.41, 5.74) is 0.297. The number of nitrogens with one attached hydrogen (secondary N) is 1. The maximum Gasteiger partial charge on any atom is 0.422 e. The van der Waals surface area contributed by atoms with E-state index in [1.165, 1.54) is 7.11 Å². The van der Waals surface area contributed by atoms with Crippen LogP contribution in [0.25, 0.3) is 10.8 Å². The number of aromatic nitrogens is 1. The van der Waals surface area contributed by atoms with Crippen LogP contribution in [0.5, 0.6) is 11.6 Å². The van der Waals surface area contributed by atoms with E-state index in [-0.39, 0.29) is 11.9 Å². The Morgan fingerprint density at radius 2 is 2.32 bits per heavy atom. The predicted molar refractivity (Wildman–Crippen MR) is 94.4 cm³/mol. The molecule has 8 nitrogen and oxygen atoms in total. The number of thiol groups is 1. The number of amides is 2. The Labute approximate surface area is 149 Å². The zero-order valence-corrected chi connectivity index (χ0v) is 14.3. The molecule has 1 aromatic heterocycles. The molecule has 0 radical (unpaired) electrons. The number of carboxylic acid groups (broad SMARTS) is 1. The van der Waals surface area contributed by atoms with Crippen LogP contribution in [0.15, 0.2) is 24.4 Å². The second kappa shape index (κ2) is 7.06. The number of carbonyl (C=O) groups is 2. The predicted octanol–water partition coefficient (Wildman–Crippen LogP) is 2.23. The van der Waals surface area contributed by atoms with E-state index >= 15 is 0 Å². The SMILES string of the molecule is COc1cc2c(OC[C@@H]3CCC(=O)N3)nccc2cc1N(S)C(=O)O. The lowest BCUT2D eigenvalue weighted by atomic mass is 10.1. The number of benzene rings is 1. The van der Waals surface area contributed by atoms with E-state index in [1.807, 2.05) is 0 Å². The van der Waals surface area contributed by atoms with Crippen LogP contribution in [0.3, 0.4) is 0 Å². The molecule has 3 rings (SSSR count). The summed E-state index contributed by atoms with van der Waals surface area (Å²) in [5, 5.41) is 13.4. The van der Waals surface area contributed by atoms with Gasteiger partial charge in [0.2, 0.25) is 11.8 Å². The number of ether oxygens (including phenoxy) is 2. The van der Waals surface area contributed by atoms with Crippen molar-refractivity contribution in [1.29, 1.82) is 0 Å². The third-order valence-corrected chi connectivity index (χ3v) is 4.33. The van der Waals surface area contributed by atoms with E-state index in [4.69, 9.17) is 14.6 Å². The molecule has 1 aliphatic rings. The molecule has 0 spiro atoms. The molecule has 0 bridgehead atoms. The molecule has 25 heavy (non-hydrogen) atoms.